The summed E-state index contributed by atoms with van der Waals surface area (Å²) in [7, 11) is 0. The Bertz CT molecular complexity index is 1110. The van der Waals surface area contributed by atoms with Gasteiger partial charge in [0.1, 0.15) is 11.8 Å². The molecule has 0 aliphatic heterocycles. The third-order valence-corrected chi connectivity index (χ3v) is 5.87. The first-order valence-electron chi connectivity index (χ1n) is 8.81. The molecule has 10 heteroatoms. The van der Waals surface area contributed by atoms with Crippen LogP contribution >= 0.6 is 59.5 Å². The van der Waals surface area contributed by atoms with Crippen molar-refractivity contribution in [2.24, 2.45) is 0 Å². The van der Waals surface area contributed by atoms with E-state index in [1.165, 1.54) is 11.3 Å². The van der Waals surface area contributed by atoms with Gasteiger partial charge in [-0.15, -0.1) is 36.2 Å². The van der Waals surface area contributed by atoms with Gasteiger partial charge in [0.25, 0.3) is 0 Å². The SMILES string of the molecule is Cc1csc(Nc2ncc(Sc3ccnc(Cl)c3)cc2OCc2ccccc2)n1.Cl.Cl. The summed E-state index contributed by atoms with van der Waals surface area (Å²) in [6.45, 7) is 2.41. The number of aromatic nitrogens is 3. The number of hydrogen-bond donors (Lipinski definition) is 1. The van der Waals surface area contributed by atoms with Crippen LogP contribution in [0.2, 0.25) is 5.15 Å². The monoisotopic (exact) mass is 512 g/mol. The van der Waals surface area contributed by atoms with Crippen molar-refractivity contribution < 1.29 is 4.74 Å². The van der Waals surface area contributed by atoms with Crippen LogP contribution in [0.4, 0.5) is 10.9 Å². The second kappa shape index (κ2) is 12.1. The van der Waals surface area contributed by atoms with Crippen LogP contribution in [0.3, 0.4) is 0 Å². The Morgan fingerprint density at radius 1 is 1.06 bits per heavy atom. The fraction of sp³-hybridized carbons (Fsp3) is 0.0952. The Balaban J connectivity index is 0.00000171. The largest absolute Gasteiger partial charge is 0.485 e. The van der Waals surface area contributed by atoms with Crippen LogP contribution < -0.4 is 10.1 Å². The molecule has 31 heavy (non-hydrogen) atoms. The third kappa shape index (κ3) is 7.26. The second-order valence-electron chi connectivity index (χ2n) is 6.13. The molecule has 5 nitrogen and oxygen atoms in total. The highest BCUT2D eigenvalue weighted by Crippen LogP contribution is 2.35. The molecular weight excluding hydrogens is 495 g/mol. The molecule has 0 unspecified atom stereocenters. The quantitative estimate of drug-likeness (QED) is 0.263. The van der Waals surface area contributed by atoms with Gasteiger partial charge >= 0.3 is 0 Å². The summed E-state index contributed by atoms with van der Waals surface area (Å²) >= 11 is 9.08. The fourth-order valence-corrected chi connectivity index (χ4v) is 4.29. The van der Waals surface area contributed by atoms with Crippen LogP contribution in [0.1, 0.15) is 11.3 Å². The zero-order valence-electron chi connectivity index (χ0n) is 16.3. The van der Waals surface area contributed by atoms with Gasteiger partial charge in [0.05, 0.1) is 5.69 Å². The smallest absolute Gasteiger partial charge is 0.188 e. The number of ether oxygens (including phenoxy) is 1. The Morgan fingerprint density at radius 3 is 2.58 bits per heavy atom. The zero-order chi connectivity index (χ0) is 20.1. The molecule has 0 radical (unpaired) electrons. The highest BCUT2D eigenvalue weighted by atomic mass is 35.5. The zero-order valence-corrected chi connectivity index (χ0v) is 20.3. The van der Waals surface area contributed by atoms with Gasteiger partial charge in [-0.3, -0.25) is 0 Å². The minimum atomic E-state index is 0. The van der Waals surface area contributed by atoms with Crippen molar-refractivity contribution in [3.8, 4) is 5.75 Å². The van der Waals surface area contributed by atoms with Gasteiger partial charge < -0.3 is 10.1 Å². The van der Waals surface area contributed by atoms with Crippen LogP contribution in [0.25, 0.3) is 0 Å². The predicted molar refractivity (Wildman–Crippen MR) is 133 cm³/mol. The molecule has 0 atom stereocenters. The van der Waals surface area contributed by atoms with E-state index < -0.39 is 0 Å². The van der Waals surface area contributed by atoms with E-state index >= 15 is 0 Å². The maximum Gasteiger partial charge on any atom is 0.188 e. The first-order valence-corrected chi connectivity index (χ1v) is 10.9. The Morgan fingerprint density at radius 2 is 1.87 bits per heavy atom. The molecule has 1 N–H and O–H groups in total. The maximum atomic E-state index is 6.10. The lowest BCUT2D eigenvalue weighted by molar-refractivity contribution is 0.306. The van der Waals surface area contributed by atoms with E-state index in [4.69, 9.17) is 16.3 Å². The molecule has 0 amide bonds. The van der Waals surface area contributed by atoms with Gasteiger partial charge in [-0.25, -0.2) is 15.0 Å². The van der Waals surface area contributed by atoms with Gasteiger partial charge in [-0.05, 0) is 30.7 Å². The lowest BCUT2D eigenvalue weighted by atomic mass is 10.2. The molecule has 0 saturated carbocycles. The number of aryl methyl sites for hydroxylation is 1. The minimum Gasteiger partial charge on any atom is -0.485 e. The molecule has 162 valence electrons. The van der Waals surface area contributed by atoms with Gasteiger partial charge in [0.15, 0.2) is 16.7 Å². The number of hydrogen-bond acceptors (Lipinski definition) is 7. The molecule has 0 aliphatic rings. The standard InChI is InChI=1S/C21H17ClN4OS2.2ClH/c1-14-13-28-21(25-14)26-20-18(27-12-15-5-3-2-4-6-15)9-17(11-24-20)29-16-7-8-23-19(22)10-16;;/h2-11,13H,12H2,1H3,(H,24,25,26);2*1H. The van der Waals surface area contributed by atoms with E-state index in [0.717, 1.165) is 26.2 Å². The number of pyridine rings is 2. The topological polar surface area (TPSA) is 59.9 Å². The summed E-state index contributed by atoms with van der Waals surface area (Å²) in [4.78, 5) is 15.0. The molecule has 0 saturated heterocycles. The first-order chi connectivity index (χ1) is 14.2. The molecular formula is C21H19Cl3N4OS2. The van der Waals surface area contributed by atoms with Crippen molar-refractivity contribution in [1.29, 1.82) is 0 Å². The van der Waals surface area contributed by atoms with Crippen LogP contribution in [-0.4, -0.2) is 15.0 Å². The summed E-state index contributed by atoms with van der Waals surface area (Å²) in [5.41, 5.74) is 2.05. The number of benzene rings is 1. The van der Waals surface area contributed by atoms with E-state index in [1.54, 1.807) is 24.2 Å². The Kier molecular flexibility index (Phi) is 9.87. The first kappa shape index (κ1) is 25.2. The van der Waals surface area contributed by atoms with Gasteiger partial charge in [-0.2, -0.15) is 0 Å². The molecule has 4 aromatic rings. The highest BCUT2D eigenvalue weighted by Gasteiger charge is 2.11. The van der Waals surface area contributed by atoms with Crippen molar-refractivity contribution in [2.75, 3.05) is 5.32 Å². The number of nitrogens with one attached hydrogen (secondary N) is 1. The van der Waals surface area contributed by atoms with Crippen LogP contribution in [0.5, 0.6) is 5.75 Å². The molecule has 3 heterocycles. The summed E-state index contributed by atoms with van der Waals surface area (Å²) in [6.07, 6.45) is 3.49. The fourth-order valence-electron chi connectivity index (χ4n) is 2.52. The van der Waals surface area contributed by atoms with Crippen molar-refractivity contribution in [3.63, 3.8) is 0 Å². The van der Waals surface area contributed by atoms with Gasteiger partial charge in [0, 0.05) is 27.6 Å². The van der Waals surface area contributed by atoms with Crippen molar-refractivity contribution >= 4 is 70.5 Å². The summed E-state index contributed by atoms with van der Waals surface area (Å²) in [5, 5.41) is 6.49. The van der Waals surface area contributed by atoms with E-state index in [2.05, 4.69) is 20.3 Å². The average molecular weight is 514 g/mol. The molecule has 0 fully saturated rings. The Labute approximate surface area is 206 Å². The van der Waals surface area contributed by atoms with Gasteiger partial charge in [-0.1, -0.05) is 53.7 Å². The number of halogens is 3. The van der Waals surface area contributed by atoms with Crippen LogP contribution in [0, 0.1) is 6.92 Å². The van der Waals surface area contributed by atoms with E-state index in [0.29, 0.717) is 23.3 Å². The summed E-state index contributed by atoms with van der Waals surface area (Å²) < 4.78 is 6.10. The van der Waals surface area contributed by atoms with E-state index in [1.807, 2.05) is 60.8 Å². The number of rotatable bonds is 7. The molecule has 3 aromatic heterocycles. The Hall–Kier alpha value is -2.03. The van der Waals surface area contributed by atoms with Crippen molar-refractivity contribution in [1.82, 2.24) is 15.0 Å². The molecule has 0 spiro atoms. The minimum absolute atomic E-state index is 0. The van der Waals surface area contributed by atoms with Gasteiger partial charge in [0.2, 0.25) is 0 Å². The summed E-state index contributed by atoms with van der Waals surface area (Å²) in [5.74, 6) is 1.29. The van der Waals surface area contributed by atoms with Crippen molar-refractivity contribution in [2.45, 2.75) is 23.3 Å². The maximum absolute atomic E-state index is 6.10. The highest BCUT2D eigenvalue weighted by molar-refractivity contribution is 7.99. The number of nitrogens with zero attached hydrogens (tertiary/aromatic N) is 3. The predicted octanol–water partition coefficient (Wildman–Crippen LogP) is 7.21. The summed E-state index contributed by atoms with van der Waals surface area (Å²) in [6, 6.07) is 15.7. The lowest BCUT2D eigenvalue weighted by Crippen LogP contribution is -2.01. The number of anilines is 2. The molecule has 0 aliphatic carbocycles. The number of thiazole rings is 1. The average Bonchev–Trinajstić information content (AvgIpc) is 3.13. The van der Waals surface area contributed by atoms with E-state index in [-0.39, 0.29) is 24.8 Å². The van der Waals surface area contributed by atoms with Crippen molar-refractivity contribution in [3.05, 3.63) is 82.7 Å². The van der Waals surface area contributed by atoms with Crippen LogP contribution in [0.15, 0.2) is 76.1 Å². The molecule has 0 bridgehead atoms. The molecule has 4 rings (SSSR count). The lowest BCUT2D eigenvalue weighted by Gasteiger charge is -2.13. The third-order valence-electron chi connectivity index (χ3n) is 3.84. The normalized spacial score (nSPS) is 10.0. The van der Waals surface area contributed by atoms with Crippen LogP contribution in [-0.2, 0) is 6.61 Å². The second-order valence-corrected chi connectivity index (χ2v) is 8.52. The van der Waals surface area contributed by atoms with E-state index in [9.17, 15) is 0 Å². The molecule has 1 aromatic carbocycles.